The summed E-state index contributed by atoms with van der Waals surface area (Å²) in [4.78, 5) is 6.50. The highest BCUT2D eigenvalue weighted by Crippen LogP contribution is 2.17. The van der Waals surface area contributed by atoms with E-state index in [4.69, 9.17) is 4.52 Å². The van der Waals surface area contributed by atoms with Gasteiger partial charge in [0.1, 0.15) is 0 Å². The molecule has 2 rings (SSSR count). The molecule has 0 radical (unpaired) electrons. The molecule has 1 aliphatic rings. The summed E-state index contributed by atoms with van der Waals surface area (Å²) < 4.78 is 5.17. The third-order valence-electron chi connectivity index (χ3n) is 3.13. The van der Waals surface area contributed by atoms with E-state index in [0.717, 1.165) is 25.9 Å². The number of hydrogen-bond acceptors (Lipinski definition) is 5. The van der Waals surface area contributed by atoms with Crippen molar-refractivity contribution in [2.45, 2.75) is 51.6 Å². The zero-order valence-electron chi connectivity index (χ0n) is 10.4. The van der Waals surface area contributed by atoms with Crippen LogP contribution in [-0.2, 0) is 6.42 Å². The van der Waals surface area contributed by atoms with Crippen molar-refractivity contribution in [1.82, 2.24) is 10.1 Å². The number of aliphatic hydroxyl groups is 1. The van der Waals surface area contributed by atoms with Crippen LogP contribution in [0.3, 0.4) is 0 Å². The van der Waals surface area contributed by atoms with Crippen LogP contribution in [0.4, 0.5) is 5.95 Å². The molecule has 1 unspecified atom stereocenters. The van der Waals surface area contributed by atoms with Crippen molar-refractivity contribution >= 4 is 5.95 Å². The van der Waals surface area contributed by atoms with Crippen LogP contribution >= 0.6 is 0 Å². The zero-order valence-corrected chi connectivity index (χ0v) is 10.4. The predicted octanol–water partition coefficient (Wildman–Crippen LogP) is 1.76. The molecule has 0 aliphatic carbocycles. The summed E-state index contributed by atoms with van der Waals surface area (Å²) in [5.74, 6) is 1.23. The van der Waals surface area contributed by atoms with Crippen molar-refractivity contribution in [2.24, 2.45) is 0 Å². The Kier molecular flexibility index (Phi) is 4.36. The fourth-order valence-electron chi connectivity index (χ4n) is 2.19. The molecule has 1 N–H and O–H groups in total. The van der Waals surface area contributed by atoms with Gasteiger partial charge in [-0.25, -0.2) is 0 Å². The molecule has 1 aromatic rings. The average Bonchev–Trinajstić information content (AvgIpc) is 2.79. The lowest BCUT2D eigenvalue weighted by Crippen LogP contribution is -2.30. The van der Waals surface area contributed by atoms with Gasteiger partial charge >= 0.3 is 0 Å². The Morgan fingerprint density at radius 2 is 2.12 bits per heavy atom. The van der Waals surface area contributed by atoms with Crippen LogP contribution in [0.5, 0.6) is 0 Å². The lowest BCUT2D eigenvalue weighted by atomic mass is 10.1. The fourth-order valence-corrected chi connectivity index (χ4v) is 2.19. The first kappa shape index (κ1) is 12.4. The molecule has 1 fully saturated rings. The highest BCUT2D eigenvalue weighted by atomic mass is 16.5. The number of aromatic nitrogens is 2. The van der Waals surface area contributed by atoms with Crippen LogP contribution in [0.1, 0.15) is 44.9 Å². The number of hydrogen-bond donors (Lipinski definition) is 1. The first-order valence-corrected chi connectivity index (χ1v) is 6.55. The monoisotopic (exact) mass is 239 g/mol. The van der Waals surface area contributed by atoms with Crippen molar-refractivity contribution in [3.63, 3.8) is 0 Å². The zero-order chi connectivity index (χ0) is 12.1. The van der Waals surface area contributed by atoms with E-state index in [9.17, 15) is 5.11 Å². The van der Waals surface area contributed by atoms with Crippen LogP contribution in [0.25, 0.3) is 0 Å². The van der Waals surface area contributed by atoms with E-state index in [2.05, 4.69) is 22.0 Å². The lowest BCUT2D eigenvalue weighted by molar-refractivity contribution is 0.152. The maximum Gasteiger partial charge on any atom is 0.266 e. The highest BCUT2D eigenvalue weighted by Gasteiger charge is 2.17. The normalized spacial score (nSPS) is 18.4. The third kappa shape index (κ3) is 3.43. The molecule has 1 saturated heterocycles. The summed E-state index contributed by atoms with van der Waals surface area (Å²) >= 11 is 0. The largest absolute Gasteiger partial charge is 0.393 e. The molecule has 5 nitrogen and oxygen atoms in total. The summed E-state index contributed by atoms with van der Waals surface area (Å²) in [6.45, 7) is 4.07. The van der Waals surface area contributed by atoms with E-state index in [1.807, 2.05) is 0 Å². The highest BCUT2D eigenvalue weighted by molar-refractivity contribution is 5.27. The van der Waals surface area contributed by atoms with Crippen molar-refractivity contribution in [3.8, 4) is 0 Å². The Balaban J connectivity index is 1.90. The number of rotatable bonds is 5. The van der Waals surface area contributed by atoms with E-state index >= 15 is 0 Å². The second-order valence-corrected chi connectivity index (χ2v) is 4.68. The van der Waals surface area contributed by atoms with E-state index in [-0.39, 0.29) is 6.10 Å². The topological polar surface area (TPSA) is 62.4 Å². The van der Waals surface area contributed by atoms with Gasteiger partial charge in [-0.2, -0.15) is 4.98 Å². The van der Waals surface area contributed by atoms with Gasteiger partial charge in [-0.05, 0) is 30.8 Å². The van der Waals surface area contributed by atoms with Gasteiger partial charge in [0.15, 0.2) is 0 Å². The maximum atomic E-state index is 9.68. The molecule has 0 amide bonds. The van der Waals surface area contributed by atoms with Crippen molar-refractivity contribution in [2.75, 3.05) is 18.0 Å². The molecular formula is C12H21N3O2. The summed E-state index contributed by atoms with van der Waals surface area (Å²) in [5.41, 5.74) is 0. The van der Waals surface area contributed by atoms with Gasteiger partial charge in [0, 0.05) is 13.1 Å². The molecule has 0 bridgehead atoms. The second-order valence-electron chi connectivity index (χ2n) is 4.68. The van der Waals surface area contributed by atoms with Crippen molar-refractivity contribution < 1.29 is 9.63 Å². The fraction of sp³-hybridized carbons (Fsp3) is 0.833. The smallest absolute Gasteiger partial charge is 0.266 e. The Labute approximate surface area is 102 Å². The van der Waals surface area contributed by atoms with Gasteiger partial charge in [-0.1, -0.05) is 13.3 Å². The average molecular weight is 239 g/mol. The quantitative estimate of drug-likeness (QED) is 0.848. The summed E-state index contributed by atoms with van der Waals surface area (Å²) in [6, 6.07) is 0. The van der Waals surface area contributed by atoms with Crippen LogP contribution in [0, 0.1) is 0 Å². The van der Waals surface area contributed by atoms with Gasteiger partial charge in [0.05, 0.1) is 12.5 Å². The Morgan fingerprint density at radius 1 is 1.35 bits per heavy atom. The minimum Gasteiger partial charge on any atom is -0.393 e. The van der Waals surface area contributed by atoms with Gasteiger partial charge < -0.3 is 14.5 Å². The van der Waals surface area contributed by atoms with Crippen molar-refractivity contribution in [1.29, 1.82) is 0 Å². The van der Waals surface area contributed by atoms with Crippen molar-refractivity contribution in [3.05, 3.63) is 5.89 Å². The Morgan fingerprint density at radius 3 is 2.82 bits per heavy atom. The number of anilines is 1. The minimum atomic E-state index is -0.366. The molecule has 1 aromatic heterocycles. The first-order valence-electron chi connectivity index (χ1n) is 6.55. The minimum absolute atomic E-state index is 0.366. The second kappa shape index (κ2) is 6.00. The molecular weight excluding hydrogens is 218 g/mol. The molecule has 1 aliphatic heterocycles. The van der Waals surface area contributed by atoms with E-state index < -0.39 is 0 Å². The van der Waals surface area contributed by atoms with Crippen LogP contribution in [0.2, 0.25) is 0 Å². The van der Waals surface area contributed by atoms with Gasteiger partial charge in [-0.15, -0.1) is 0 Å². The van der Waals surface area contributed by atoms with E-state index in [0.29, 0.717) is 18.3 Å². The van der Waals surface area contributed by atoms with Gasteiger partial charge in [0.2, 0.25) is 5.89 Å². The SMILES string of the molecule is CCCC(O)Cc1nc(N2CCCCC2)no1. The maximum absolute atomic E-state index is 9.68. The molecule has 17 heavy (non-hydrogen) atoms. The van der Waals surface area contributed by atoms with Gasteiger partial charge in [-0.3, -0.25) is 0 Å². The number of nitrogens with zero attached hydrogens (tertiary/aromatic N) is 3. The molecule has 0 saturated carbocycles. The molecule has 96 valence electrons. The van der Waals surface area contributed by atoms with Gasteiger partial charge in [0.25, 0.3) is 5.95 Å². The van der Waals surface area contributed by atoms with Crippen LogP contribution in [0.15, 0.2) is 4.52 Å². The number of aliphatic hydroxyl groups excluding tert-OH is 1. The molecule has 0 spiro atoms. The summed E-state index contributed by atoms with van der Waals surface area (Å²) in [5, 5.41) is 13.7. The molecule has 2 heterocycles. The predicted molar refractivity (Wildman–Crippen MR) is 65.0 cm³/mol. The Bertz CT molecular complexity index is 334. The summed E-state index contributed by atoms with van der Waals surface area (Å²) in [6.07, 6.45) is 5.53. The van der Waals surface area contributed by atoms with E-state index in [1.54, 1.807) is 0 Å². The Hall–Kier alpha value is -1.10. The lowest BCUT2D eigenvalue weighted by Gasteiger charge is -2.24. The molecule has 1 atom stereocenters. The number of piperidine rings is 1. The molecule has 5 heteroatoms. The van der Waals surface area contributed by atoms with E-state index in [1.165, 1.54) is 19.3 Å². The standard InChI is InChI=1S/C12H21N3O2/c1-2-6-10(16)9-11-13-12(14-17-11)15-7-4-3-5-8-15/h10,16H,2-9H2,1H3. The molecule has 0 aromatic carbocycles. The first-order chi connectivity index (χ1) is 8.29. The van der Waals surface area contributed by atoms with Crippen LogP contribution in [-0.4, -0.2) is 34.4 Å². The third-order valence-corrected chi connectivity index (χ3v) is 3.13. The summed E-state index contributed by atoms with van der Waals surface area (Å²) in [7, 11) is 0. The van der Waals surface area contributed by atoms with Crippen LogP contribution < -0.4 is 4.90 Å².